The van der Waals surface area contributed by atoms with Gasteiger partial charge in [-0.2, -0.15) is 0 Å². The number of hydrogen-bond acceptors (Lipinski definition) is 2. The molecule has 0 saturated heterocycles. The van der Waals surface area contributed by atoms with E-state index in [0.29, 0.717) is 0 Å². The number of halogens is 3. The average molecular weight is 349 g/mol. The molecule has 2 nitrogen and oxygen atoms in total. The molecule has 0 aromatic rings. The van der Waals surface area contributed by atoms with E-state index in [0.717, 1.165) is 15.8 Å². The molecule has 1 rings (SSSR count). The van der Waals surface area contributed by atoms with E-state index in [1.165, 1.54) is 0 Å². The van der Waals surface area contributed by atoms with Gasteiger partial charge in [0.2, 0.25) is 0 Å². The third-order valence-electron chi connectivity index (χ3n) is 1.65. The van der Waals surface area contributed by atoms with Crippen LogP contribution in [-0.2, 0) is 0 Å². The van der Waals surface area contributed by atoms with Gasteiger partial charge in [-0.25, -0.2) is 0 Å². The lowest BCUT2D eigenvalue weighted by Gasteiger charge is -2.24. The summed E-state index contributed by atoms with van der Waals surface area (Å²) >= 11 is 10.5. The molecule has 5 heteroatoms. The molecule has 0 aromatic heterocycles. The summed E-state index contributed by atoms with van der Waals surface area (Å²) in [5.41, 5.74) is 0. The molecule has 0 bridgehead atoms. The van der Waals surface area contributed by atoms with E-state index in [1.54, 1.807) is 0 Å². The molecule has 1 heterocycles. The molecule has 0 fully saturated rings. The Kier molecular flexibility index (Phi) is 3.28. The van der Waals surface area contributed by atoms with Gasteiger partial charge in [-0.15, -0.1) is 0 Å². The summed E-state index contributed by atoms with van der Waals surface area (Å²) in [4.78, 5) is 4.30. The van der Waals surface area contributed by atoms with Crippen LogP contribution in [-0.4, -0.2) is 28.5 Å². The van der Waals surface area contributed by atoms with Crippen molar-refractivity contribution in [2.75, 3.05) is 13.6 Å². The van der Waals surface area contributed by atoms with Gasteiger partial charge < -0.3 is 9.80 Å². The Labute approximate surface area is 92.0 Å². The Balaban J connectivity index is 2.86. The number of rotatable bonds is 1. The third kappa shape index (κ3) is 1.60. The lowest BCUT2D eigenvalue weighted by Crippen LogP contribution is -2.32. The topological polar surface area (TPSA) is 6.48 Å². The van der Waals surface area contributed by atoms with Gasteiger partial charge in [-0.05, 0) is 54.7 Å². The molecule has 0 radical (unpaired) electrons. The predicted octanol–water partition coefficient (Wildman–Crippen LogP) is 2.85. The van der Waals surface area contributed by atoms with Crippen LogP contribution in [0, 0.1) is 0 Å². The van der Waals surface area contributed by atoms with Crippen molar-refractivity contribution in [2.24, 2.45) is 0 Å². The lowest BCUT2D eigenvalue weighted by atomic mass is 10.6. The fourth-order valence-corrected chi connectivity index (χ4v) is 3.34. The molecule has 0 spiro atoms. The SMILES string of the molecule is CCN1C(Br)=C(Br)N(C)C1Br. The molecule has 0 aromatic carbocycles. The highest BCUT2D eigenvalue weighted by molar-refractivity contribution is 9.14. The largest absolute Gasteiger partial charge is 0.337 e. The first kappa shape index (κ1) is 9.86. The summed E-state index contributed by atoms with van der Waals surface area (Å²) in [5, 5.41) is 0.260. The standard InChI is InChI=1S/C6H9Br3N2/c1-3-11-5(8)4(7)10(2)6(11)9/h6H,3H2,1-2H3. The summed E-state index contributed by atoms with van der Waals surface area (Å²) < 4.78 is 2.19. The Bertz CT molecular complexity index is 192. The first-order valence-corrected chi connectivity index (χ1v) is 5.78. The van der Waals surface area contributed by atoms with Gasteiger partial charge in [0.05, 0.1) is 0 Å². The van der Waals surface area contributed by atoms with Crippen molar-refractivity contribution >= 4 is 47.8 Å². The Morgan fingerprint density at radius 1 is 1.36 bits per heavy atom. The second-order valence-corrected chi connectivity index (χ2v) is 4.61. The minimum absolute atomic E-state index is 0.260. The van der Waals surface area contributed by atoms with Crippen LogP contribution in [0.2, 0.25) is 0 Å². The maximum atomic E-state index is 3.56. The summed E-state index contributed by atoms with van der Waals surface area (Å²) in [6.07, 6.45) is 0. The molecule has 1 atom stereocenters. The molecule has 1 unspecified atom stereocenters. The van der Waals surface area contributed by atoms with Crippen LogP contribution in [0.5, 0.6) is 0 Å². The summed E-state index contributed by atoms with van der Waals surface area (Å²) in [6, 6.07) is 0. The molecule has 0 N–H and O–H groups in total. The molecule has 1 aliphatic rings. The van der Waals surface area contributed by atoms with E-state index >= 15 is 0 Å². The second kappa shape index (κ2) is 3.66. The zero-order chi connectivity index (χ0) is 8.59. The number of nitrogens with zero attached hydrogens (tertiary/aromatic N) is 2. The van der Waals surface area contributed by atoms with E-state index in [4.69, 9.17) is 0 Å². The molecule has 0 saturated carbocycles. The van der Waals surface area contributed by atoms with Crippen molar-refractivity contribution in [1.82, 2.24) is 9.80 Å². The normalized spacial score (nSPS) is 25.4. The van der Waals surface area contributed by atoms with Gasteiger partial charge in [0.25, 0.3) is 0 Å². The van der Waals surface area contributed by atoms with Gasteiger partial charge >= 0.3 is 0 Å². The van der Waals surface area contributed by atoms with Crippen LogP contribution in [0.15, 0.2) is 9.21 Å². The van der Waals surface area contributed by atoms with Crippen molar-refractivity contribution in [2.45, 2.75) is 12.0 Å². The van der Waals surface area contributed by atoms with Gasteiger partial charge in [0.15, 0.2) is 5.08 Å². The predicted molar refractivity (Wildman–Crippen MR) is 57.7 cm³/mol. The highest BCUT2D eigenvalue weighted by Gasteiger charge is 2.30. The first-order valence-electron chi connectivity index (χ1n) is 3.28. The second-order valence-electron chi connectivity index (χ2n) is 2.29. The van der Waals surface area contributed by atoms with Crippen LogP contribution in [0.25, 0.3) is 0 Å². The van der Waals surface area contributed by atoms with Gasteiger partial charge in [0, 0.05) is 13.6 Å². The molecule has 64 valence electrons. The van der Waals surface area contributed by atoms with Crippen molar-refractivity contribution in [1.29, 1.82) is 0 Å². The molecule has 0 aliphatic carbocycles. The number of alkyl halides is 1. The maximum absolute atomic E-state index is 3.56. The van der Waals surface area contributed by atoms with Crippen molar-refractivity contribution < 1.29 is 0 Å². The van der Waals surface area contributed by atoms with E-state index < -0.39 is 0 Å². The molecule has 0 amide bonds. The quantitative estimate of drug-likeness (QED) is 0.531. The zero-order valence-electron chi connectivity index (χ0n) is 6.31. The molecule has 11 heavy (non-hydrogen) atoms. The van der Waals surface area contributed by atoms with Gasteiger partial charge in [-0.3, -0.25) is 0 Å². The Morgan fingerprint density at radius 3 is 2.09 bits per heavy atom. The Morgan fingerprint density at radius 2 is 1.91 bits per heavy atom. The molecule has 1 aliphatic heterocycles. The van der Waals surface area contributed by atoms with E-state index in [2.05, 4.69) is 64.5 Å². The van der Waals surface area contributed by atoms with Crippen molar-refractivity contribution in [3.63, 3.8) is 0 Å². The third-order valence-corrected chi connectivity index (χ3v) is 5.06. The monoisotopic (exact) mass is 346 g/mol. The number of hydrogen-bond donors (Lipinski definition) is 0. The highest BCUT2D eigenvalue weighted by Crippen LogP contribution is 2.37. The van der Waals surface area contributed by atoms with Gasteiger partial charge in [0.1, 0.15) is 9.21 Å². The van der Waals surface area contributed by atoms with Crippen molar-refractivity contribution in [3.8, 4) is 0 Å². The fraction of sp³-hybridized carbons (Fsp3) is 0.667. The van der Waals surface area contributed by atoms with Crippen LogP contribution < -0.4 is 0 Å². The maximum Gasteiger partial charge on any atom is 0.160 e. The van der Waals surface area contributed by atoms with Crippen LogP contribution >= 0.6 is 47.8 Å². The van der Waals surface area contributed by atoms with Crippen LogP contribution in [0.1, 0.15) is 6.92 Å². The van der Waals surface area contributed by atoms with E-state index in [1.807, 2.05) is 7.05 Å². The highest BCUT2D eigenvalue weighted by atomic mass is 79.9. The lowest BCUT2D eigenvalue weighted by molar-refractivity contribution is 0.274. The van der Waals surface area contributed by atoms with E-state index in [9.17, 15) is 0 Å². The molecular formula is C6H9Br3N2. The van der Waals surface area contributed by atoms with Crippen molar-refractivity contribution in [3.05, 3.63) is 9.21 Å². The fourth-order valence-electron chi connectivity index (χ4n) is 0.950. The molecular weight excluding hydrogens is 340 g/mol. The summed E-state index contributed by atoms with van der Waals surface area (Å²) in [7, 11) is 2.03. The van der Waals surface area contributed by atoms with E-state index in [-0.39, 0.29) is 5.08 Å². The minimum atomic E-state index is 0.260. The summed E-state index contributed by atoms with van der Waals surface area (Å²) in [5.74, 6) is 0. The average Bonchev–Trinajstić information content (AvgIpc) is 2.17. The van der Waals surface area contributed by atoms with Crippen LogP contribution in [0.4, 0.5) is 0 Å². The smallest absolute Gasteiger partial charge is 0.160 e. The van der Waals surface area contributed by atoms with Crippen LogP contribution in [0.3, 0.4) is 0 Å². The first-order chi connectivity index (χ1) is 5.09. The van der Waals surface area contributed by atoms with Gasteiger partial charge in [-0.1, -0.05) is 0 Å². The minimum Gasteiger partial charge on any atom is -0.337 e. The summed E-state index contributed by atoms with van der Waals surface area (Å²) in [6.45, 7) is 3.10. The Hall–Kier alpha value is 0.780. The zero-order valence-corrected chi connectivity index (χ0v) is 11.1.